The van der Waals surface area contributed by atoms with Crippen molar-refractivity contribution in [3.63, 3.8) is 0 Å². The summed E-state index contributed by atoms with van der Waals surface area (Å²) in [5, 5.41) is 34.2. The molecule has 0 saturated heterocycles. The molecule has 0 aliphatic carbocycles. The maximum atomic E-state index is 13.1. The van der Waals surface area contributed by atoms with E-state index in [0.29, 0.717) is 17.5 Å². The fourth-order valence-corrected chi connectivity index (χ4v) is 4.14. The number of phenolic OH excluding ortho intramolecular Hbond substituents is 2. The van der Waals surface area contributed by atoms with E-state index in [2.05, 4.69) is 10.2 Å². The number of para-hydroxylation sites is 1. The molecular weight excluding hydrogens is 407 g/mol. The summed E-state index contributed by atoms with van der Waals surface area (Å²) in [5.41, 5.74) is 2.39. The number of hydrogen-bond donors (Lipinski definition) is 4. The molecule has 6 heteroatoms. The van der Waals surface area contributed by atoms with Crippen LogP contribution in [0.5, 0.6) is 11.5 Å². The van der Waals surface area contributed by atoms with Crippen LogP contribution in [0.15, 0.2) is 72.8 Å². The van der Waals surface area contributed by atoms with Crippen molar-refractivity contribution in [1.29, 1.82) is 0 Å². The van der Waals surface area contributed by atoms with E-state index in [1.54, 1.807) is 24.3 Å². The normalized spacial score (nSPS) is 14.0. The molecule has 0 saturated carbocycles. The van der Waals surface area contributed by atoms with E-state index in [9.17, 15) is 19.7 Å². The van der Waals surface area contributed by atoms with Crippen LogP contribution in [0, 0.1) is 5.82 Å². The Balaban J connectivity index is 1.79. The maximum Gasteiger partial charge on any atom is 0.124 e. The van der Waals surface area contributed by atoms with Gasteiger partial charge < -0.3 is 25.5 Å². The van der Waals surface area contributed by atoms with Gasteiger partial charge in [-0.05, 0) is 68.3 Å². The number of phenols is 2. The molecule has 5 nitrogen and oxygen atoms in total. The first-order valence-electron chi connectivity index (χ1n) is 10.8. The second-order valence-electron chi connectivity index (χ2n) is 8.03. The van der Waals surface area contributed by atoms with E-state index in [1.165, 1.54) is 18.2 Å². The van der Waals surface area contributed by atoms with Gasteiger partial charge in [0.1, 0.15) is 17.3 Å². The van der Waals surface area contributed by atoms with E-state index < -0.39 is 6.10 Å². The highest BCUT2D eigenvalue weighted by Crippen LogP contribution is 2.37. The molecule has 0 bridgehead atoms. The van der Waals surface area contributed by atoms with Crippen molar-refractivity contribution in [1.82, 2.24) is 5.32 Å². The maximum absolute atomic E-state index is 13.1. The molecule has 3 unspecified atom stereocenters. The van der Waals surface area contributed by atoms with Gasteiger partial charge in [-0.1, -0.05) is 30.3 Å². The van der Waals surface area contributed by atoms with Crippen LogP contribution >= 0.6 is 0 Å². The summed E-state index contributed by atoms with van der Waals surface area (Å²) in [6, 6.07) is 20.2. The van der Waals surface area contributed by atoms with Crippen molar-refractivity contribution in [3.05, 3.63) is 89.7 Å². The molecule has 0 fully saturated rings. The summed E-state index contributed by atoms with van der Waals surface area (Å²) in [6.45, 7) is 0. The quantitative estimate of drug-likeness (QED) is 0.362. The van der Waals surface area contributed by atoms with Crippen LogP contribution in [-0.2, 0) is 0 Å². The largest absolute Gasteiger partial charge is 0.508 e. The standard InChI is InChI=1S/C26H31FN2O3/c1-28-23(9-6-10-24(31)18-11-13-19(27)14-12-18)26(22-16-15-21(30)17-25(22)32)29(2)20-7-4-3-5-8-20/h3-5,7-8,11-17,23-24,26,28,30-32H,6,9-10H2,1-2H3. The molecular formula is C26H31FN2O3. The molecule has 4 N–H and O–H groups in total. The van der Waals surface area contributed by atoms with Crippen LogP contribution < -0.4 is 10.2 Å². The van der Waals surface area contributed by atoms with Gasteiger partial charge in [0.25, 0.3) is 0 Å². The van der Waals surface area contributed by atoms with Crippen molar-refractivity contribution >= 4 is 5.69 Å². The SMILES string of the molecule is CNC(CCCC(O)c1ccc(F)cc1)C(c1ccc(O)cc1O)N(C)c1ccccc1. The van der Waals surface area contributed by atoms with Gasteiger partial charge in [-0.25, -0.2) is 4.39 Å². The van der Waals surface area contributed by atoms with Crippen LogP contribution in [0.3, 0.4) is 0 Å². The lowest BCUT2D eigenvalue weighted by Gasteiger charge is -2.37. The van der Waals surface area contributed by atoms with Gasteiger partial charge in [0, 0.05) is 30.4 Å². The first-order chi connectivity index (χ1) is 15.4. The number of rotatable bonds is 10. The fraction of sp³-hybridized carbons (Fsp3) is 0.308. The highest BCUT2D eigenvalue weighted by molar-refractivity contribution is 5.51. The minimum Gasteiger partial charge on any atom is -0.508 e. The molecule has 3 atom stereocenters. The first kappa shape index (κ1) is 23.6. The van der Waals surface area contributed by atoms with Crippen molar-refractivity contribution in [2.45, 2.75) is 37.5 Å². The smallest absolute Gasteiger partial charge is 0.124 e. The highest BCUT2D eigenvalue weighted by atomic mass is 19.1. The number of aromatic hydroxyl groups is 2. The zero-order chi connectivity index (χ0) is 23.1. The van der Waals surface area contributed by atoms with Gasteiger partial charge >= 0.3 is 0 Å². The number of aliphatic hydroxyl groups excluding tert-OH is 1. The third-order valence-electron chi connectivity index (χ3n) is 5.91. The Morgan fingerprint density at radius 3 is 2.25 bits per heavy atom. The summed E-state index contributed by atoms with van der Waals surface area (Å²) >= 11 is 0. The number of nitrogens with one attached hydrogen (secondary N) is 1. The zero-order valence-corrected chi connectivity index (χ0v) is 18.4. The molecule has 0 aliphatic rings. The Bertz CT molecular complexity index is 982. The Kier molecular flexibility index (Phi) is 8.09. The Labute approximate surface area is 188 Å². The Morgan fingerprint density at radius 1 is 0.938 bits per heavy atom. The molecule has 0 aromatic heterocycles. The van der Waals surface area contributed by atoms with E-state index >= 15 is 0 Å². The van der Waals surface area contributed by atoms with Gasteiger partial charge in [-0.3, -0.25) is 0 Å². The number of aliphatic hydroxyl groups is 1. The average molecular weight is 439 g/mol. The second kappa shape index (κ2) is 11.0. The number of hydrogen-bond acceptors (Lipinski definition) is 5. The molecule has 3 rings (SSSR count). The first-order valence-corrected chi connectivity index (χ1v) is 10.8. The average Bonchev–Trinajstić information content (AvgIpc) is 2.80. The lowest BCUT2D eigenvalue weighted by atomic mass is 9.91. The molecule has 0 aliphatic heterocycles. The number of halogens is 1. The van der Waals surface area contributed by atoms with Gasteiger partial charge in [0.05, 0.1) is 12.1 Å². The van der Waals surface area contributed by atoms with E-state index in [0.717, 1.165) is 18.5 Å². The van der Waals surface area contributed by atoms with E-state index in [1.807, 2.05) is 44.4 Å². The predicted octanol–water partition coefficient (Wildman–Crippen LogP) is 4.91. The molecule has 32 heavy (non-hydrogen) atoms. The molecule has 3 aromatic carbocycles. The summed E-state index contributed by atoms with van der Waals surface area (Å²) in [5.74, 6) is -0.281. The van der Waals surface area contributed by atoms with Crippen molar-refractivity contribution in [2.75, 3.05) is 19.0 Å². The summed E-state index contributed by atoms with van der Waals surface area (Å²) in [7, 11) is 3.86. The molecule has 0 radical (unpaired) electrons. The summed E-state index contributed by atoms with van der Waals surface area (Å²) in [4.78, 5) is 2.10. The van der Waals surface area contributed by atoms with Crippen LogP contribution in [-0.4, -0.2) is 35.5 Å². The molecule has 0 spiro atoms. The van der Waals surface area contributed by atoms with Crippen LogP contribution in [0.25, 0.3) is 0 Å². The summed E-state index contributed by atoms with van der Waals surface area (Å²) < 4.78 is 13.1. The number of anilines is 1. The van der Waals surface area contributed by atoms with Crippen molar-refractivity contribution in [2.24, 2.45) is 0 Å². The zero-order valence-electron chi connectivity index (χ0n) is 18.4. The van der Waals surface area contributed by atoms with Crippen LogP contribution in [0.2, 0.25) is 0 Å². The third kappa shape index (κ3) is 5.78. The van der Waals surface area contributed by atoms with Crippen molar-refractivity contribution < 1.29 is 19.7 Å². The van der Waals surface area contributed by atoms with Crippen LogP contribution in [0.1, 0.15) is 42.5 Å². The third-order valence-corrected chi connectivity index (χ3v) is 5.91. The van der Waals surface area contributed by atoms with Gasteiger partial charge in [0.2, 0.25) is 0 Å². The lowest BCUT2D eigenvalue weighted by molar-refractivity contribution is 0.161. The molecule has 170 valence electrons. The minimum absolute atomic E-state index is 0.00999. The van der Waals surface area contributed by atoms with Gasteiger partial charge in [0.15, 0.2) is 0 Å². The molecule has 0 amide bonds. The molecule has 0 heterocycles. The highest BCUT2D eigenvalue weighted by Gasteiger charge is 2.29. The fourth-order valence-electron chi connectivity index (χ4n) is 4.14. The number of benzene rings is 3. The predicted molar refractivity (Wildman–Crippen MR) is 125 cm³/mol. The number of nitrogens with zero attached hydrogens (tertiary/aromatic N) is 1. The van der Waals surface area contributed by atoms with E-state index in [-0.39, 0.29) is 29.4 Å². The van der Waals surface area contributed by atoms with Crippen LogP contribution in [0.4, 0.5) is 10.1 Å². The second-order valence-corrected chi connectivity index (χ2v) is 8.03. The topological polar surface area (TPSA) is 76.0 Å². The monoisotopic (exact) mass is 438 g/mol. The Hall–Kier alpha value is -3.09. The lowest BCUT2D eigenvalue weighted by Crippen LogP contribution is -2.41. The van der Waals surface area contributed by atoms with Gasteiger partial charge in [-0.15, -0.1) is 0 Å². The van der Waals surface area contributed by atoms with Gasteiger partial charge in [-0.2, -0.15) is 0 Å². The number of likely N-dealkylation sites (N-methyl/N-ethyl adjacent to an activating group) is 2. The van der Waals surface area contributed by atoms with Crippen molar-refractivity contribution in [3.8, 4) is 11.5 Å². The summed E-state index contributed by atoms with van der Waals surface area (Å²) in [6.07, 6.45) is 1.33. The Morgan fingerprint density at radius 2 is 1.62 bits per heavy atom. The van der Waals surface area contributed by atoms with E-state index in [4.69, 9.17) is 0 Å². The molecule has 3 aromatic rings. The minimum atomic E-state index is -0.666.